The lowest BCUT2D eigenvalue weighted by molar-refractivity contribution is -0.133. The van der Waals surface area contributed by atoms with Crippen molar-refractivity contribution in [1.29, 1.82) is 0 Å². The summed E-state index contributed by atoms with van der Waals surface area (Å²) in [5.41, 5.74) is 1.58. The van der Waals surface area contributed by atoms with Gasteiger partial charge in [0.05, 0.1) is 18.1 Å². The summed E-state index contributed by atoms with van der Waals surface area (Å²) >= 11 is 2.68. The van der Waals surface area contributed by atoms with Crippen LogP contribution in [-0.4, -0.2) is 70.7 Å². The van der Waals surface area contributed by atoms with E-state index in [0.29, 0.717) is 66.9 Å². The Kier molecular flexibility index (Phi) is 11.9. The van der Waals surface area contributed by atoms with Gasteiger partial charge in [0, 0.05) is 36.8 Å². The quantitative estimate of drug-likeness (QED) is 0.322. The van der Waals surface area contributed by atoms with Crippen molar-refractivity contribution < 1.29 is 19.2 Å². The molecule has 4 bridgehead atoms. The van der Waals surface area contributed by atoms with Crippen molar-refractivity contribution in [3.63, 3.8) is 0 Å². The Labute approximate surface area is 278 Å². The summed E-state index contributed by atoms with van der Waals surface area (Å²) in [5, 5.41) is 17.2. The maximum atomic E-state index is 13.5. The predicted octanol–water partition coefficient (Wildman–Crippen LogP) is 4.01. The Hall–Kier alpha value is -3.68. The van der Waals surface area contributed by atoms with Crippen LogP contribution in [0.4, 0.5) is 0 Å². The van der Waals surface area contributed by atoms with E-state index in [4.69, 9.17) is 0 Å². The Balaban J connectivity index is 1.40. The number of nitrogens with zero attached hydrogens (tertiary/aromatic N) is 3. The van der Waals surface area contributed by atoms with Crippen LogP contribution in [0.25, 0.3) is 0 Å². The number of nitrogens with one attached hydrogen (secondary N) is 4. The molecule has 46 heavy (non-hydrogen) atoms. The zero-order valence-corrected chi connectivity index (χ0v) is 28.1. The Morgan fingerprint density at radius 1 is 0.891 bits per heavy atom. The second-order valence-electron chi connectivity index (χ2n) is 12.3. The number of hydrogen-bond acceptors (Lipinski definition) is 9. The lowest BCUT2D eigenvalue weighted by Gasteiger charge is -2.26. The van der Waals surface area contributed by atoms with E-state index in [9.17, 15) is 19.2 Å². The highest BCUT2D eigenvalue weighted by molar-refractivity contribution is 7.10. The third-order valence-electron chi connectivity index (χ3n) is 8.13. The number of amides is 4. The molecule has 4 heterocycles. The summed E-state index contributed by atoms with van der Waals surface area (Å²) in [7, 11) is 0. The molecule has 11 nitrogen and oxygen atoms in total. The number of hydrogen-bond donors (Lipinski definition) is 4. The van der Waals surface area contributed by atoms with Crippen LogP contribution < -0.4 is 21.3 Å². The lowest BCUT2D eigenvalue weighted by Crippen LogP contribution is -2.45. The highest BCUT2D eigenvalue weighted by Gasteiger charge is 2.28. The van der Waals surface area contributed by atoms with Crippen molar-refractivity contribution in [1.82, 2.24) is 36.1 Å². The molecule has 0 unspecified atom stereocenters. The third kappa shape index (κ3) is 9.20. The molecule has 4 amide bonds. The van der Waals surface area contributed by atoms with Gasteiger partial charge in [-0.15, -0.1) is 22.7 Å². The van der Waals surface area contributed by atoms with Gasteiger partial charge in [-0.2, -0.15) is 0 Å². The molecule has 0 radical (unpaired) electrons. The van der Waals surface area contributed by atoms with Crippen LogP contribution in [0.15, 0.2) is 41.1 Å². The monoisotopic (exact) mass is 665 g/mol. The smallest absolute Gasteiger partial charge is 0.271 e. The van der Waals surface area contributed by atoms with Gasteiger partial charge in [-0.25, -0.2) is 9.97 Å². The molecule has 1 fully saturated rings. The van der Waals surface area contributed by atoms with E-state index < -0.39 is 6.04 Å². The topological polar surface area (TPSA) is 145 Å². The molecule has 0 spiro atoms. The molecule has 3 aromatic rings. The molecule has 1 aromatic carbocycles. The number of benzene rings is 1. The molecule has 0 aliphatic carbocycles. The molecule has 2 aromatic heterocycles. The number of aromatic nitrogens is 2. The first-order valence-corrected chi connectivity index (χ1v) is 17.9. The van der Waals surface area contributed by atoms with Crippen molar-refractivity contribution in [2.24, 2.45) is 5.92 Å². The molecule has 2 aliphatic heterocycles. The van der Waals surface area contributed by atoms with Gasteiger partial charge in [-0.3, -0.25) is 19.2 Å². The van der Waals surface area contributed by atoms with Gasteiger partial charge in [-0.05, 0) is 56.6 Å². The van der Waals surface area contributed by atoms with Crippen LogP contribution in [0.2, 0.25) is 0 Å². The fourth-order valence-corrected chi connectivity index (χ4v) is 7.50. The Bertz CT molecular complexity index is 1490. The molecule has 246 valence electrons. The van der Waals surface area contributed by atoms with Crippen LogP contribution in [-0.2, 0) is 16.0 Å². The zero-order chi connectivity index (χ0) is 32.5. The second-order valence-corrected chi connectivity index (χ2v) is 14.1. The van der Waals surface area contributed by atoms with Gasteiger partial charge < -0.3 is 26.2 Å². The first kappa shape index (κ1) is 33.7. The van der Waals surface area contributed by atoms with Crippen molar-refractivity contribution in [3.8, 4) is 0 Å². The minimum atomic E-state index is -0.476. The molecular formula is C33H43N7O4S2. The molecule has 5 rings (SSSR count). The highest BCUT2D eigenvalue weighted by Crippen LogP contribution is 2.27. The van der Waals surface area contributed by atoms with E-state index in [1.54, 1.807) is 10.8 Å². The SMILES string of the molecule is CC(C)C[C@@H]1NC(=O)CCCN(C(=O)[C@H]2CCCN2)CCCNC(=O)c2csc(n2)[C@H](Cc2ccccc2)NC(=O)c2csc1n2. The number of fused-ring (bicyclic) bond motifs is 4. The summed E-state index contributed by atoms with van der Waals surface area (Å²) in [5.74, 6) is -0.420. The number of carbonyl (C=O) groups is 4. The number of rotatable bonds is 5. The second kappa shape index (κ2) is 16.2. The zero-order valence-electron chi connectivity index (χ0n) is 26.4. The first-order valence-electron chi connectivity index (χ1n) is 16.1. The van der Waals surface area contributed by atoms with E-state index >= 15 is 0 Å². The Morgan fingerprint density at radius 3 is 2.28 bits per heavy atom. The fraction of sp³-hybridized carbons (Fsp3) is 0.515. The van der Waals surface area contributed by atoms with Gasteiger partial charge in [-0.1, -0.05) is 44.2 Å². The normalized spacial score (nSPS) is 22.1. The average molecular weight is 666 g/mol. The maximum Gasteiger partial charge on any atom is 0.271 e. The standard InChI is InChI=1S/C33H43N7O4S2/c1-21(2)17-24-31-39-27(20-46-31)30(43)37-25(18-22-9-4-3-5-10-22)32-38-26(19-45-32)29(42)35-14-8-16-40(15-7-12-28(41)36-24)33(44)23-11-6-13-34-23/h3-5,9-10,19-21,23-25,34H,6-8,11-18H2,1-2H3,(H,35,42)(H,36,41)(H,37,43)/t23-,24+,25+/m1/s1. The van der Waals surface area contributed by atoms with Crippen LogP contribution in [0.1, 0.15) is 101 Å². The van der Waals surface area contributed by atoms with Crippen LogP contribution in [0.3, 0.4) is 0 Å². The molecule has 2 aliphatic rings. The molecule has 4 N–H and O–H groups in total. The van der Waals surface area contributed by atoms with Crippen LogP contribution in [0.5, 0.6) is 0 Å². The predicted molar refractivity (Wildman–Crippen MR) is 179 cm³/mol. The fourth-order valence-electron chi connectivity index (χ4n) is 5.79. The van der Waals surface area contributed by atoms with Gasteiger partial charge in [0.2, 0.25) is 11.8 Å². The van der Waals surface area contributed by atoms with E-state index in [2.05, 4.69) is 45.1 Å². The minimum absolute atomic E-state index is 0.0430. The third-order valence-corrected chi connectivity index (χ3v) is 10.0. The van der Waals surface area contributed by atoms with Crippen molar-refractivity contribution in [2.75, 3.05) is 26.2 Å². The Morgan fingerprint density at radius 2 is 1.59 bits per heavy atom. The molecule has 3 atom stereocenters. The van der Waals surface area contributed by atoms with E-state index in [1.807, 2.05) is 35.2 Å². The van der Waals surface area contributed by atoms with Crippen molar-refractivity contribution >= 4 is 46.3 Å². The maximum absolute atomic E-state index is 13.5. The highest BCUT2D eigenvalue weighted by atomic mass is 32.1. The van der Waals surface area contributed by atoms with Crippen molar-refractivity contribution in [3.05, 3.63) is 68.1 Å². The molecular weight excluding hydrogens is 623 g/mol. The molecule has 13 heteroatoms. The van der Waals surface area contributed by atoms with Crippen LogP contribution in [0, 0.1) is 5.92 Å². The molecule has 0 saturated carbocycles. The number of thiazole rings is 2. The summed E-state index contributed by atoms with van der Waals surface area (Å²) < 4.78 is 0. The van der Waals surface area contributed by atoms with Gasteiger partial charge in [0.1, 0.15) is 21.4 Å². The molecule has 1 saturated heterocycles. The summed E-state index contributed by atoms with van der Waals surface area (Å²) in [6.07, 6.45) is 4.28. The van der Waals surface area contributed by atoms with Gasteiger partial charge >= 0.3 is 0 Å². The van der Waals surface area contributed by atoms with E-state index in [-0.39, 0.29) is 47.8 Å². The van der Waals surface area contributed by atoms with Gasteiger partial charge in [0.15, 0.2) is 0 Å². The largest absolute Gasteiger partial charge is 0.351 e. The summed E-state index contributed by atoms with van der Waals surface area (Å²) in [4.78, 5) is 64.1. The average Bonchev–Trinajstić information content (AvgIpc) is 3.83. The van der Waals surface area contributed by atoms with Gasteiger partial charge in [0.25, 0.3) is 11.8 Å². The first-order chi connectivity index (χ1) is 22.3. The lowest BCUT2D eigenvalue weighted by atomic mass is 10.0. The number of carbonyl (C=O) groups excluding carboxylic acids is 4. The van der Waals surface area contributed by atoms with E-state index in [1.165, 1.54) is 22.7 Å². The summed E-state index contributed by atoms with van der Waals surface area (Å²) in [6.45, 7) is 6.30. The minimum Gasteiger partial charge on any atom is -0.351 e. The van der Waals surface area contributed by atoms with E-state index in [0.717, 1.165) is 24.9 Å². The van der Waals surface area contributed by atoms with Crippen LogP contribution >= 0.6 is 22.7 Å². The summed E-state index contributed by atoms with van der Waals surface area (Å²) in [6, 6.07) is 8.80. The van der Waals surface area contributed by atoms with Crippen molar-refractivity contribution in [2.45, 2.75) is 76.9 Å².